The number of ether oxygens (including phenoxy) is 1. The smallest absolute Gasteiger partial charge is 0.270 e. The molecular weight excluding hydrogens is 508 g/mol. The number of aromatic nitrogens is 1. The second-order valence-electron chi connectivity index (χ2n) is 9.41. The molecule has 0 saturated heterocycles. The fourth-order valence-corrected chi connectivity index (χ4v) is 4.30. The molecule has 0 unspecified atom stereocenters. The summed E-state index contributed by atoms with van der Waals surface area (Å²) < 4.78 is 7.21. The summed E-state index contributed by atoms with van der Waals surface area (Å²) in [6.45, 7) is 5.69. The standard InChI is InChI=1S/C28H33ClN4O5/c1-21(2)17-32(19-25-11-7-13-30(25)18-23-8-4-5-12-26(23)29)27(34)20-31(14-15-38-3)28(35)22-9-6-10-24(16-22)33(36)37/h4-13,16,21H,14-15,17-20H2,1-3H3. The quantitative estimate of drug-likeness (QED) is 0.227. The molecule has 0 fully saturated rings. The Morgan fingerprint density at radius 2 is 1.84 bits per heavy atom. The summed E-state index contributed by atoms with van der Waals surface area (Å²) in [4.78, 5) is 40.6. The Morgan fingerprint density at radius 3 is 2.53 bits per heavy atom. The van der Waals surface area contributed by atoms with Crippen LogP contribution in [0.1, 0.15) is 35.5 Å². The molecule has 10 heteroatoms. The highest BCUT2D eigenvalue weighted by molar-refractivity contribution is 6.31. The Labute approximate surface area is 227 Å². The van der Waals surface area contributed by atoms with Crippen molar-refractivity contribution in [1.82, 2.24) is 14.4 Å². The minimum atomic E-state index is -0.552. The number of nitro benzene ring substituents is 1. The Hall–Kier alpha value is -3.69. The molecule has 1 aromatic heterocycles. The van der Waals surface area contributed by atoms with Crippen LogP contribution in [0.15, 0.2) is 66.9 Å². The van der Waals surface area contributed by atoms with Crippen LogP contribution in [-0.2, 0) is 22.6 Å². The van der Waals surface area contributed by atoms with Crippen molar-refractivity contribution in [3.8, 4) is 0 Å². The zero-order valence-electron chi connectivity index (χ0n) is 21.9. The molecule has 2 aromatic carbocycles. The maximum Gasteiger partial charge on any atom is 0.270 e. The maximum absolute atomic E-state index is 13.6. The summed E-state index contributed by atoms with van der Waals surface area (Å²) in [5.41, 5.74) is 1.87. The number of carbonyl (C=O) groups is 2. The van der Waals surface area contributed by atoms with Crippen LogP contribution in [0.3, 0.4) is 0 Å². The van der Waals surface area contributed by atoms with E-state index in [1.54, 1.807) is 4.90 Å². The zero-order chi connectivity index (χ0) is 27.7. The molecule has 0 aliphatic heterocycles. The van der Waals surface area contributed by atoms with Crippen LogP contribution < -0.4 is 0 Å². The van der Waals surface area contributed by atoms with Crippen molar-refractivity contribution in [1.29, 1.82) is 0 Å². The van der Waals surface area contributed by atoms with Gasteiger partial charge in [-0.15, -0.1) is 0 Å². The molecule has 9 nitrogen and oxygen atoms in total. The molecule has 0 aliphatic carbocycles. The largest absolute Gasteiger partial charge is 0.383 e. The van der Waals surface area contributed by atoms with E-state index in [1.165, 1.54) is 36.3 Å². The predicted octanol–water partition coefficient (Wildman–Crippen LogP) is 4.87. The second-order valence-corrected chi connectivity index (χ2v) is 9.82. The third-order valence-electron chi connectivity index (χ3n) is 6.00. The number of amides is 2. The molecule has 3 aromatic rings. The molecule has 1 heterocycles. The third-order valence-corrected chi connectivity index (χ3v) is 6.36. The van der Waals surface area contributed by atoms with Gasteiger partial charge in [0.15, 0.2) is 0 Å². The molecule has 0 spiro atoms. The number of carbonyl (C=O) groups excluding carboxylic acids is 2. The normalized spacial score (nSPS) is 11.0. The van der Waals surface area contributed by atoms with Crippen LogP contribution in [0.4, 0.5) is 5.69 Å². The van der Waals surface area contributed by atoms with Crippen molar-refractivity contribution in [3.05, 3.63) is 98.8 Å². The molecule has 3 rings (SSSR count). The average Bonchev–Trinajstić information content (AvgIpc) is 3.33. The first-order chi connectivity index (χ1) is 18.2. The lowest BCUT2D eigenvalue weighted by molar-refractivity contribution is -0.384. The summed E-state index contributed by atoms with van der Waals surface area (Å²) >= 11 is 6.36. The minimum absolute atomic E-state index is 0.145. The third kappa shape index (κ3) is 7.90. The van der Waals surface area contributed by atoms with Crippen LogP contribution in [0.5, 0.6) is 0 Å². The molecule has 0 aliphatic rings. The van der Waals surface area contributed by atoms with E-state index >= 15 is 0 Å². The van der Waals surface area contributed by atoms with Gasteiger partial charge in [0.2, 0.25) is 5.91 Å². The van der Waals surface area contributed by atoms with Crippen LogP contribution in [-0.4, -0.2) is 64.5 Å². The van der Waals surface area contributed by atoms with Crippen molar-refractivity contribution in [2.75, 3.05) is 33.4 Å². The highest BCUT2D eigenvalue weighted by Crippen LogP contribution is 2.19. The summed E-state index contributed by atoms with van der Waals surface area (Å²) in [6.07, 6.45) is 1.95. The van der Waals surface area contributed by atoms with Crippen LogP contribution in [0.25, 0.3) is 0 Å². The van der Waals surface area contributed by atoms with Crippen LogP contribution >= 0.6 is 11.6 Å². The second kappa shape index (κ2) is 13.7. The molecule has 0 saturated carbocycles. The van der Waals surface area contributed by atoms with E-state index in [0.717, 1.165) is 11.3 Å². The zero-order valence-corrected chi connectivity index (χ0v) is 22.6. The molecule has 0 N–H and O–H groups in total. The molecule has 0 radical (unpaired) electrons. The molecule has 0 atom stereocenters. The summed E-state index contributed by atoms with van der Waals surface area (Å²) in [7, 11) is 1.51. The first-order valence-electron chi connectivity index (χ1n) is 12.4. The van der Waals surface area contributed by atoms with Gasteiger partial charge in [0.25, 0.3) is 11.6 Å². The predicted molar refractivity (Wildman–Crippen MR) is 146 cm³/mol. The number of rotatable bonds is 13. The number of hydrogen-bond acceptors (Lipinski definition) is 5. The van der Waals surface area contributed by atoms with E-state index in [1.807, 2.05) is 56.4 Å². The van der Waals surface area contributed by atoms with Crippen molar-refractivity contribution in [2.24, 2.45) is 5.92 Å². The van der Waals surface area contributed by atoms with E-state index in [4.69, 9.17) is 16.3 Å². The number of non-ortho nitro benzene ring substituents is 1. The van der Waals surface area contributed by atoms with Gasteiger partial charge in [0.05, 0.1) is 18.1 Å². The SMILES string of the molecule is COCCN(CC(=O)N(Cc1cccn1Cc1ccccc1Cl)CC(C)C)C(=O)c1cccc([N+](=O)[O-])c1. The number of benzene rings is 2. The topological polar surface area (TPSA) is 97.9 Å². The molecule has 38 heavy (non-hydrogen) atoms. The van der Waals surface area contributed by atoms with Gasteiger partial charge in [-0.1, -0.05) is 49.7 Å². The highest BCUT2D eigenvalue weighted by atomic mass is 35.5. The van der Waals surface area contributed by atoms with Crippen LogP contribution in [0, 0.1) is 16.0 Å². The fraction of sp³-hybridized carbons (Fsp3) is 0.357. The number of nitro groups is 1. The Bertz CT molecular complexity index is 1260. The monoisotopic (exact) mass is 540 g/mol. The molecule has 0 bridgehead atoms. The maximum atomic E-state index is 13.6. The number of nitrogens with zero attached hydrogens (tertiary/aromatic N) is 4. The molecule has 202 valence electrons. The van der Waals surface area contributed by atoms with Crippen LogP contribution in [0.2, 0.25) is 5.02 Å². The number of halogens is 1. The van der Waals surface area contributed by atoms with Gasteiger partial charge in [0.1, 0.15) is 6.54 Å². The lowest BCUT2D eigenvalue weighted by Crippen LogP contribution is -2.45. The summed E-state index contributed by atoms with van der Waals surface area (Å²) in [6, 6.07) is 17.0. The molecule has 2 amide bonds. The van der Waals surface area contributed by atoms with Gasteiger partial charge in [-0.25, -0.2) is 0 Å². The fourth-order valence-electron chi connectivity index (χ4n) is 4.10. The Balaban J connectivity index is 1.80. The molecular formula is C28H33ClN4O5. The van der Waals surface area contributed by atoms with Gasteiger partial charge < -0.3 is 19.1 Å². The van der Waals surface area contributed by atoms with E-state index in [0.29, 0.717) is 24.7 Å². The van der Waals surface area contributed by atoms with Gasteiger partial charge >= 0.3 is 0 Å². The van der Waals surface area contributed by atoms with Crippen molar-refractivity contribution < 1.29 is 19.2 Å². The number of methoxy groups -OCH3 is 1. The van der Waals surface area contributed by atoms with E-state index < -0.39 is 10.8 Å². The van der Waals surface area contributed by atoms with Gasteiger partial charge in [-0.2, -0.15) is 0 Å². The summed E-state index contributed by atoms with van der Waals surface area (Å²) in [5, 5.41) is 11.9. The Morgan fingerprint density at radius 1 is 1.08 bits per heavy atom. The number of hydrogen-bond donors (Lipinski definition) is 0. The van der Waals surface area contributed by atoms with Gasteiger partial charge in [0, 0.05) is 61.4 Å². The first kappa shape index (κ1) is 28.9. The van der Waals surface area contributed by atoms with Crippen molar-refractivity contribution in [3.63, 3.8) is 0 Å². The van der Waals surface area contributed by atoms with E-state index in [9.17, 15) is 19.7 Å². The Kier molecular flexibility index (Phi) is 10.4. The van der Waals surface area contributed by atoms with E-state index in [-0.39, 0.29) is 42.8 Å². The van der Waals surface area contributed by atoms with Crippen molar-refractivity contribution >= 4 is 29.1 Å². The van der Waals surface area contributed by atoms with Gasteiger partial charge in [-0.3, -0.25) is 19.7 Å². The highest BCUT2D eigenvalue weighted by Gasteiger charge is 2.24. The lowest BCUT2D eigenvalue weighted by atomic mass is 10.1. The minimum Gasteiger partial charge on any atom is -0.383 e. The lowest BCUT2D eigenvalue weighted by Gasteiger charge is -2.29. The van der Waals surface area contributed by atoms with Gasteiger partial charge in [-0.05, 0) is 35.7 Å². The van der Waals surface area contributed by atoms with E-state index in [2.05, 4.69) is 4.57 Å². The van der Waals surface area contributed by atoms with Crippen molar-refractivity contribution in [2.45, 2.75) is 26.9 Å². The summed E-state index contributed by atoms with van der Waals surface area (Å²) in [5.74, 6) is -0.490. The first-order valence-corrected chi connectivity index (χ1v) is 12.7. The average molecular weight is 541 g/mol.